The van der Waals surface area contributed by atoms with E-state index in [-0.39, 0.29) is 0 Å². The average Bonchev–Trinajstić information content (AvgIpc) is 3.82. The smallest absolute Gasteiger partial charge is 0.136 e. The van der Waals surface area contributed by atoms with Crippen molar-refractivity contribution in [1.29, 1.82) is 0 Å². The Morgan fingerprint density at radius 3 is 1.54 bits per heavy atom. The molecular formula is C54H36N2O. The van der Waals surface area contributed by atoms with Crippen molar-refractivity contribution in [2.75, 3.05) is 4.90 Å². The molecule has 57 heavy (non-hydrogen) atoms. The number of fused-ring (bicyclic) bond motifs is 6. The molecule has 0 bridgehead atoms. The van der Waals surface area contributed by atoms with E-state index in [9.17, 15) is 0 Å². The molecule has 0 spiro atoms. The molecule has 11 rings (SSSR count). The highest BCUT2D eigenvalue weighted by atomic mass is 16.3. The molecule has 2 heterocycles. The van der Waals surface area contributed by atoms with Gasteiger partial charge in [-0.15, -0.1) is 0 Å². The van der Waals surface area contributed by atoms with Crippen molar-refractivity contribution in [3.05, 3.63) is 218 Å². The number of para-hydroxylation sites is 4. The lowest BCUT2D eigenvalue weighted by Crippen LogP contribution is -2.10. The van der Waals surface area contributed by atoms with Gasteiger partial charge < -0.3 is 13.9 Å². The number of nitrogens with zero attached hydrogens (tertiary/aromatic N) is 2. The Bertz CT molecular complexity index is 3180. The van der Waals surface area contributed by atoms with E-state index in [4.69, 9.17) is 4.42 Å². The summed E-state index contributed by atoms with van der Waals surface area (Å²) < 4.78 is 8.78. The molecule has 0 saturated carbocycles. The molecule has 0 aliphatic heterocycles. The molecule has 0 amide bonds. The lowest BCUT2D eigenvalue weighted by atomic mass is 9.95. The Morgan fingerprint density at radius 2 is 0.825 bits per heavy atom. The average molecular weight is 729 g/mol. The summed E-state index contributed by atoms with van der Waals surface area (Å²) in [6.07, 6.45) is 0. The number of rotatable bonds is 7. The predicted octanol–water partition coefficient (Wildman–Crippen LogP) is 15.2. The van der Waals surface area contributed by atoms with Crippen LogP contribution in [0.1, 0.15) is 0 Å². The van der Waals surface area contributed by atoms with E-state index in [1.54, 1.807) is 0 Å². The van der Waals surface area contributed by atoms with Crippen LogP contribution in [0.5, 0.6) is 0 Å². The van der Waals surface area contributed by atoms with E-state index in [0.717, 1.165) is 66.9 Å². The van der Waals surface area contributed by atoms with Gasteiger partial charge >= 0.3 is 0 Å². The van der Waals surface area contributed by atoms with Gasteiger partial charge in [0.25, 0.3) is 0 Å². The Kier molecular flexibility index (Phi) is 7.82. The van der Waals surface area contributed by atoms with Crippen molar-refractivity contribution in [2.24, 2.45) is 0 Å². The van der Waals surface area contributed by atoms with Crippen LogP contribution in [0.4, 0.5) is 17.1 Å². The summed E-state index contributed by atoms with van der Waals surface area (Å²) in [5.41, 5.74) is 15.5. The summed E-state index contributed by atoms with van der Waals surface area (Å²) >= 11 is 0. The highest BCUT2D eigenvalue weighted by Gasteiger charge is 2.18. The fourth-order valence-corrected chi connectivity index (χ4v) is 8.44. The maximum Gasteiger partial charge on any atom is 0.136 e. The van der Waals surface area contributed by atoms with E-state index in [1.807, 2.05) is 12.1 Å². The minimum atomic E-state index is 0.884. The Morgan fingerprint density at radius 1 is 0.298 bits per heavy atom. The van der Waals surface area contributed by atoms with Crippen molar-refractivity contribution < 1.29 is 4.42 Å². The first kappa shape index (κ1) is 32.8. The van der Waals surface area contributed by atoms with Crippen LogP contribution in [0.3, 0.4) is 0 Å². The monoisotopic (exact) mass is 728 g/mol. The van der Waals surface area contributed by atoms with Crippen molar-refractivity contribution in [3.8, 4) is 39.1 Å². The quantitative estimate of drug-likeness (QED) is 0.163. The summed E-state index contributed by atoms with van der Waals surface area (Å²) in [6.45, 7) is 0. The summed E-state index contributed by atoms with van der Waals surface area (Å²) in [7, 11) is 0. The molecule has 268 valence electrons. The zero-order chi connectivity index (χ0) is 37.7. The van der Waals surface area contributed by atoms with Crippen LogP contribution >= 0.6 is 0 Å². The second-order valence-corrected chi connectivity index (χ2v) is 14.6. The van der Waals surface area contributed by atoms with Crippen LogP contribution in [0, 0.1) is 0 Å². The summed E-state index contributed by atoms with van der Waals surface area (Å²) in [5, 5.41) is 4.70. The van der Waals surface area contributed by atoms with Gasteiger partial charge in [0.2, 0.25) is 0 Å². The van der Waals surface area contributed by atoms with Crippen molar-refractivity contribution >= 4 is 60.8 Å². The van der Waals surface area contributed by atoms with Crippen LogP contribution in [0.25, 0.3) is 82.8 Å². The Labute approximate surface area is 330 Å². The number of anilines is 3. The largest absolute Gasteiger partial charge is 0.456 e. The van der Waals surface area contributed by atoms with Crippen molar-refractivity contribution in [2.45, 2.75) is 0 Å². The normalized spacial score (nSPS) is 11.5. The van der Waals surface area contributed by atoms with Gasteiger partial charge in [0.15, 0.2) is 0 Å². The third-order valence-corrected chi connectivity index (χ3v) is 11.2. The molecule has 11 aromatic rings. The van der Waals surface area contributed by atoms with E-state index in [2.05, 4.69) is 216 Å². The zero-order valence-corrected chi connectivity index (χ0v) is 31.1. The molecule has 2 aromatic heterocycles. The molecule has 0 atom stereocenters. The van der Waals surface area contributed by atoms with E-state index in [0.29, 0.717) is 0 Å². The number of aromatic nitrogens is 1. The molecule has 0 aliphatic carbocycles. The molecular weight excluding hydrogens is 693 g/mol. The third kappa shape index (κ3) is 5.76. The van der Waals surface area contributed by atoms with Crippen molar-refractivity contribution in [3.63, 3.8) is 0 Å². The summed E-state index contributed by atoms with van der Waals surface area (Å²) in [5.74, 6) is 0. The zero-order valence-electron chi connectivity index (χ0n) is 31.1. The maximum atomic E-state index is 6.39. The second kappa shape index (κ2) is 13.6. The first-order chi connectivity index (χ1) is 28.2. The lowest BCUT2D eigenvalue weighted by Gasteiger charge is -2.26. The first-order valence-electron chi connectivity index (χ1n) is 19.4. The molecule has 0 N–H and O–H groups in total. The van der Waals surface area contributed by atoms with E-state index in [1.165, 1.54) is 32.9 Å². The maximum absolute atomic E-state index is 6.39. The highest BCUT2D eigenvalue weighted by Crippen LogP contribution is 2.42. The minimum Gasteiger partial charge on any atom is -0.456 e. The minimum absolute atomic E-state index is 0.884. The first-order valence-corrected chi connectivity index (χ1v) is 19.4. The molecule has 0 unspecified atom stereocenters. The number of hydrogen-bond donors (Lipinski definition) is 0. The second-order valence-electron chi connectivity index (χ2n) is 14.6. The van der Waals surface area contributed by atoms with E-state index < -0.39 is 0 Å². The van der Waals surface area contributed by atoms with Crippen molar-refractivity contribution in [1.82, 2.24) is 4.57 Å². The van der Waals surface area contributed by atoms with Gasteiger partial charge in [-0.1, -0.05) is 127 Å². The predicted molar refractivity (Wildman–Crippen MR) is 239 cm³/mol. The fourth-order valence-electron chi connectivity index (χ4n) is 8.44. The van der Waals surface area contributed by atoms with Gasteiger partial charge in [0.1, 0.15) is 11.2 Å². The van der Waals surface area contributed by atoms with Gasteiger partial charge in [-0.25, -0.2) is 0 Å². The van der Waals surface area contributed by atoms with Crippen LogP contribution in [-0.2, 0) is 0 Å². The van der Waals surface area contributed by atoms with E-state index >= 15 is 0 Å². The molecule has 0 fully saturated rings. The Hall–Kier alpha value is -7.62. The molecule has 3 nitrogen and oxygen atoms in total. The standard InChI is InChI=1S/C54H36N2O/c1-4-14-37(15-5-1)38-24-28-45(29-25-38)56-51-22-12-10-20-47(51)50-35-39(27-31-52(50)56)41-32-42(40-26-30-49-48-21-11-13-23-53(48)57-54(49)36-40)34-46(33-41)55(43-16-6-2-7-17-43)44-18-8-3-9-19-44/h1-36H. The Balaban J connectivity index is 1.10. The van der Waals surface area contributed by atoms with Gasteiger partial charge in [-0.3, -0.25) is 0 Å². The molecule has 0 radical (unpaired) electrons. The lowest BCUT2D eigenvalue weighted by molar-refractivity contribution is 0.669. The number of benzene rings is 9. The topological polar surface area (TPSA) is 21.3 Å². The SMILES string of the molecule is c1ccc(-c2ccc(-n3c4ccccc4c4cc(-c5cc(-c6ccc7c(c6)oc6ccccc67)cc(N(c6ccccc6)c6ccccc6)c5)ccc43)cc2)cc1. The highest BCUT2D eigenvalue weighted by molar-refractivity contribution is 6.11. The van der Waals surface area contributed by atoms with Crippen LogP contribution in [-0.4, -0.2) is 4.57 Å². The molecule has 0 saturated heterocycles. The van der Waals surface area contributed by atoms with Gasteiger partial charge in [-0.2, -0.15) is 0 Å². The summed E-state index contributed by atoms with van der Waals surface area (Å²) in [4.78, 5) is 2.34. The van der Waals surface area contributed by atoms with Gasteiger partial charge in [0, 0.05) is 44.3 Å². The van der Waals surface area contributed by atoms with Crippen LogP contribution < -0.4 is 4.90 Å². The van der Waals surface area contributed by atoms with Crippen LogP contribution in [0.2, 0.25) is 0 Å². The molecule has 9 aromatic carbocycles. The number of hydrogen-bond acceptors (Lipinski definition) is 2. The van der Waals surface area contributed by atoms with Crippen LogP contribution in [0.15, 0.2) is 223 Å². The van der Waals surface area contributed by atoms with Gasteiger partial charge in [0.05, 0.1) is 11.0 Å². The molecule has 0 aliphatic rings. The molecule has 3 heteroatoms. The number of furan rings is 1. The summed E-state index contributed by atoms with van der Waals surface area (Å²) in [6, 6.07) is 78.2. The fraction of sp³-hybridized carbons (Fsp3) is 0. The van der Waals surface area contributed by atoms with Gasteiger partial charge in [-0.05, 0) is 124 Å². The third-order valence-electron chi connectivity index (χ3n) is 11.2.